The molecule has 212 valence electrons. The average molecular weight is 593 g/mol. The van der Waals surface area contributed by atoms with Crippen molar-refractivity contribution in [3.05, 3.63) is 169 Å². The highest BCUT2D eigenvalue weighted by Crippen LogP contribution is 2.50. The lowest BCUT2D eigenvalue weighted by molar-refractivity contribution is 0.747. The van der Waals surface area contributed by atoms with Crippen LogP contribution in [0.3, 0.4) is 0 Å². The zero-order chi connectivity index (χ0) is 29.5. The predicted molar refractivity (Wildman–Crippen MR) is 192 cm³/mol. The van der Waals surface area contributed by atoms with Gasteiger partial charge in [-0.05, 0) is 65.2 Å². The normalized spacial score (nSPS) is 17.3. The van der Waals surface area contributed by atoms with E-state index in [0.29, 0.717) is 0 Å². The fourth-order valence-corrected chi connectivity index (χ4v) is 9.01. The Kier molecular flexibility index (Phi) is 5.31. The first-order valence-electron chi connectivity index (χ1n) is 15.6. The van der Waals surface area contributed by atoms with Gasteiger partial charge >= 0.3 is 0 Å². The third kappa shape index (κ3) is 3.62. The van der Waals surface area contributed by atoms with Crippen molar-refractivity contribution in [2.75, 3.05) is 4.90 Å². The lowest BCUT2D eigenvalue weighted by Crippen LogP contribution is -2.28. The van der Waals surface area contributed by atoms with Gasteiger partial charge in [0.15, 0.2) is 0 Å². The second-order valence-corrected chi connectivity index (χ2v) is 13.1. The molecule has 1 aliphatic carbocycles. The van der Waals surface area contributed by atoms with Crippen molar-refractivity contribution in [1.29, 1.82) is 0 Å². The number of rotatable bonds is 3. The van der Waals surface area contributed by atoms with E-state index in [-0.39, 0.29) is 12.0 Å². The van der Waals surface area contributed by atoms with E-state index < -0.39 is 0 Å². The Bertz CT molecular complexity index is 2510. The Labute approximate surface area is 265 Å². The van der Waals surface area contributed by atoms with E-state index in [0.717, 1.165) is 0 Å². The summed E-state index contributed by atoms with van der Waals surface area (Å²) in [6.45, 7) is 0. The van der Waals surface area contributed by atoms with E-state index in [4.69, 9.17) is 0 Å². The minimum Gasteiger partial charge on any atom is -0.333 e. The smallest absolute Gasteiger partial charge is 0.0630 e. The molecule has 3 heterocycles. The van der Waals surface area contributed by atoms with Gasteiger partial charge in [-0.1, -0.05) is 109 Å². The first-order valence-corrected chi connectivity index (χ1v) is 16.4. The maximum absolute atomic E-state index is 2.55. The van der Waals surface area contributed by atoms with Crippen molar-refractivity contribution in [2.45, 2.75) is 12.0 Å². The molecule has 0 saturated carbocycles. The number of nitrogens with zero attached hydrogens (tertiary/aromatic N) is 2. The summed E-state index contributed by atoms with van der Waals surface area (Å²) in [5.41, 5.74) is 10.2. The number of hydrogen-bond donors (Lipinski definition) is 0. The van der Waals surface area contributed by atoms with E-state index >= 15 is 0 Å². The Morgan fingerprint density at radius 2 is 1.31 bits per heavy atom. The van der Waals surface area contributed by atoms with Crippen LogP contribution in [0, 0.1) is 0 Å². The molecule has 0 saturated heterocycles. The number of aromatic nitrogens is 1. The molecule has 0 radical (unpaired) electrons. The Hall–Kier alpha value is -5.38. The van der Waals surface area contributed by atoms with Crippen LogP contribution in [-0.4, -0.2) is 10.6 Å². The van der Waals surface area contributed by atoms with E-state index in [1.807, 2.05) is 11.3 Å². The van der Waals surface area contributed by atoms with Crippen molar-refractivity contribution in [2.24, 2.45) is 0 Å². The predicted octanol–water partition coefficient (Wildman–Crippen LogP) is 11.4. The molecule has 2 aliphatic rings. The largest absolute Gasteiger partial charge is 0.333 e. The van der Waals surface area contributed by atoms with Crippen LogP contribution >= 0.6 is 11.3 Å². The van der Waals surface area contributed by atoms with Crippen LogP contribution in [0.15, 0.2) is 158 Å². The second kappa shape index (κ2) is 9.56. The number of anilines is 2. The average Bonchev–Trinajstić information content (AvgIpc) is 3.76. The molecule has 2 unspecified atom stereocenters. The molecule has 6 aromatic carbocycles. The highest BCUT2D eigenvalue weighted by Gasteiger charge is 2.38. The molecular formula is C42H28N2S. The molecule has 0 spiro atoms. The zero-order valence-corrected chi connectivity index (χ0v) is 25.3. The van der Waals surface area contributed by atoms with Crippen molar-refractivity contribution >= 4 is 70.3 Å². The molecule has 3 heteroatoms. The van der Waals surface area contributed by atoms with Crippen LogP contribution in [-0.2, 0) is 0 Å². The molecule has 0 fully saturated rings. The van der Waals surface area contributed by atoms with E-state index in [1.54, 1.807) is 0 Å². The quantitative estimate of drug-likeness (QED) is 0.198. The lowest BCUT2D eigenvalue weighted by Gasteiger charge is -2.30. The fourth-order valence-electron chi connectivity index (χ4n) is 7.77. The SMILES string of the molecule is C1=CC2C(C=C1c1cccc3c1sc1ccccc13)c1ccccc1N2c1ccc2c(c1)c1ccccc1n2-c1ccccc1. The van der Waals surface area contributed by atoms with Crippen molar-refractivity contribution in [1.82, 2.24) is 4.57 Å². The van der Waals surface area contributed by atoms with Gasteiger partial charge in [0.25, 0.3) is 0 Å². The van der Waals surface area contributed by atoms with Crippen LogP contribution in [0.4, 0.5) is 11.4 Å². The molecule has 2 atom stereocenters. The standard InChI is InChI=1S/C42H28N2S/c1-2-11-28(12-3-1)43-37-18-7-5-14-32(37)36-26-29(22-24-40(36)43)44-38-19-8-4-13-31(38)35-25-27(21-23-39(35)44)30-16-10-17-34-33-15-6-9-20-41(33)45-42(30)34/h1-26,35,39H. The Morgan fingerprint density at radius 1 is 0.556 bits per heavy atom. The third-order valence-corrected chi connectivity index (χ3v) is 10.9. The minimum atomic E-state index is 0.215. The topological polar surface area (TPSA) is 8.17 Å². The van der Waals surface area contributed by atoms with Gasteiger partial charge < -0.3 is 9.47 Å². The summed E-state index contributed by atoms with van der Waals surface area (Å²) in [6.07, 6.45) is 7.31. The van der Waals surface area contributed by atoms with Gasteiger partial charge in [0, 0.05) is 53.9 Å². The summed E-state index contributed by atoms with van der Waals surface area (Å²) in [4.78, 5) is 2.55. The van der Waals surface area contributed by atoms with Gasteiger partial charge in [-0.2, -0.15) is 0 Å². The molecule has 2 aromatic heterocycles. The van der Waals surface area contributed by atoms with E-state index in [9.17, 15) is 0 Å². The van der Waals surface area contributed by atoms with E-state index in [2.05, 4.69) is 167 Å². The molecular weight excluding hydrogens is 565 g/mol. The highest BCUT2D eigenvalue weighted by atomic mass is 32.1. The minimum absolute atomic E-state index is 0.215. The molecule has 0 N–H and O–H groups in total. The summed E-state index contributed by atoms with van der Waals surface area (Å²) < 4.78 is 5.11. The zero-order valence-electron chi connectivity index (χ0n) is 24.5. The van der Waals surface area contributed by atoms with Crippen molar-refractivity contribution in [3.8, 4) is 5.69 Å². The first kappa shape index (κ1) is 25.0. The molecule has 2 nitrogen and oxygen atoms in total. The van der Waals surface area contributed by atoms with Crippen LogP contribution in [0.25, 0.3) is 53.2 Å². The number of allylic oxidation sites excluding steroid dienone is 2. The van der Waals surface area contributed by atoms with E-state index in [1.165, 1.54) is 75.7 Å². The summed E-state index contributed by atoms with van der Waals surface area (Å²) in [7, 11) is 0. The van der Waals surface area contributed by atoms with Crippen molar-refractivity contribution in [3.63, 3.8) is 0 Å². The number of hydrogen-bond acceptors (Lipinski definition) is 2. The highest BCUT2D eigenvalue weighted by molar-refractivity contribution is 7.26. The summed E-state index contributed by atoms with van der Waals surface area (Å²) in [6, 6.07) is 51.2. The van der Waals surface area contributed by atoms with Crippen LogP contribution < -0.4 is 4.90 Å². The van der Waals surface area contributed by atoms with Gasteiger partial charge in [0.05, 0.1) is 17.1 Å². The molecule has 0 amide bonds. The van der Waals surface area contributed by atoms with Gasteiger partial charge in [-0.15, -0.1) is 11.3 Å². The molecule has 1 aliphatic heterocycles. The van der Waals surface area contributed by atoms with Gasteiger partial charge in [0.2, 0.25) is 0 Å². The third-order valence-electron chi connectivity index (χ3n) is 9.72. The number of fused-ring (bicyclic) bond motifs is 9. The van der Waals surface area contributed by atoms with Gasteiger partial charge in [0.1, 0.15) is 0 Å². The number of para-hydroxylation sites is 3. The molecule has 0 bridgehead atoms. The molecule has 45 heavy (non-hydrogen) atoms. The fraction of sp³-hybridized carbons (Fsp3) is 0.0476. The van der Waals surface area contributed by atoms with Gasteiger partial charge in [-0.3, -0.25) is 0 Å². The molecule has 8 aromatic rings. The van der Waals surface area contributed by atoms with Crippen LogP contribution in [0.2, 0.25) is 0 Å². The summed E-state index contributed by atoms with van der Waals surface area (Å²) in [5, 5.41) is 5.25. The monoisotopic (exact) mass is 592 g/mol. The molecule has 10 rings (SSSR count). The summed E-state index contributed by atoms with van der Waals surface area (Å²) >= 11 is 1.91. The van der Waals surface area contributed by atoms with Crippen molar-refractivity contribution < 1.29 is 0 Å². The Morgan fingerprint density at radius 3 is 2.24 bits per heavy atom. The lowest BCUT2D eigenvalue weighted by atomic mass is 9.86. The van der Waals surface area contributed by atoms with Crippen LogP contribution in [0.1, 0.15) is 17.0 Å². The maximum Gasteiger partial charge on any atom is 0.0630 e. The Balaban J connectivity index is 1.12. The first-order chi connectivity index (χ1) is 22.3. The second-order valence-electron chi connectivity index (χ2n) is 12.1. The maximum atomic E-state index is 2.55. The summed E-state index contributed by atoms with van der Waals surface area (Å²) in [5.74, 6) is 0.271. The number of benzene rings is 6. The van der Waals surface area contributed by atoms with Crippen LogP contribution in [0.5, 0.6) is 0 Å². The van der Waals surface area contributed by atoms with Gasteiger partial charge in [-0.25, -0.2) is 0 Å². The number of thiophene rings is 1.